The molecule has 0 fully saturated rings. The Morgan fingerprint density at radius 3 is 1.16 bits per heavy atom. The minimum Gasteiger partial charge on any atom is -0.265 e. The Morgan fingerprint density at radius 2 is 0.741 bits per heavy atom. The van der Waals surface area contributed by atoms with Crippen LogP contribution in [0.2, 0.25) is 10.3 Å². The summed E-state index contributed by atoms with van der Waals surface area (Å²) in [6.07, 6.45) is 9.23. The molecule has 7 rings (SSSR count). The summed E-state index contributed by atoms with van der Waals surface area (Å²) >= 11 is 11.6. The van der Waals surface area contributed by atoms with Crippen LogP contribution in [-0.4, -0.2) is 9.97 Å². The van der Waals surface area contributed by atoms with E-state index in [1.165, 1.54) is 53.1 Å². The van der Waals surface area contributed by atoms with Crippen molar-refractivity contribution in [3.8, 4) is 0 Å². The van der Waals surface area contributed by atoms with E-state index < -0.39 is 11.6 Å². The highest BCUT2D eigenvalue weighted by molar-refractivity contribution is 6.32. The van der Waals surface area contributed by atoms with Gasteiger partial charge in [0.25, 0.3) is 0 Å². The van der Waals surface area contributed by atoms with Crippen molar-refractivity contribution in [3.05, 3.63) is 236 Å². The molecule has 0 radical (unpaired) electrons. The van der Waals surface area contributed by atoms with E-state index >= 15 is 0 Å². The fraction of sp³-hybridized carbons (Fsp3) is 0.474. The lowest BCUT2D eigenvalue weighted by Crippen LogP contribution is -2.14. The zero-order valence-corrected chi connectivity index (χ0v) is 57.4. The van der Waals surface area contributed by atoms with Gasteiger partial charge in [-0.1, -0.05) is 254 Å². The maximum absolute atomic E-state index is 13.1. The van der Waals surface area contributed by atoms with Crippen molar-refractivity contribution >= 4 is 23.2 Å². The van der Waals surface area contributed by atoms with E-state index in [-0.39, 0.29) is 44.5 Å². The lowest BCUT2D eigenvalue weighted by Gasteiger charge is -2.27. The molecule has 0 aliphatic heterocycles. The quantitative estimate of drug-likeness (QED) is 0.117. The van der Waals surface area contributed by atoms with Crippen molar-refractivity contribution in [1.82, 2.24) is 9.97 Å². The van der Waals surface area contributed by atoms with Gasteiger partial charge in [0.05, 0.1) is 0 Å². The second-order valence-electron chi connectivity index (χ2n) is 30.5. The van der Waals surface area contributed by atoms with E-state index in [1.54, 1.807) is 24.3 Å². The van der Waals surface area contributed by atoms with E-state index in [4.69, 9.17) is 23.2 Å². The molecule has 1 atom stereocenters. The first-order valence-corrected chi connectivity index (χ1v) is 30.5. The van der Waals surface area contributed by atoms with E-state index in [9.17, 15) is 22.0 Å². The van der Waals surface area contributed by atoms with Crippen LogP contribution in [0.15, 0.2) is 158 Å². The molecule has 468 valence electrons. The fourth-order valence-corrected chi connectivity index (χ4v) is 9.04. The molecule has 0 N–H and O–H groups in total. The maximum Gasteiger partial charge on any atom is 0.159 e. The lowest BCUT2D eigenvalue weighted by atomic mass is 9.78. The normalized spacial score (nSPS) is 12.1. The third kappa shape index (κ3) is 40.6. The third-order valence-electron chi connectivity index (χ3n) is 12.3. The molecule has 2 nitrogen and oxygen atoms in total. The molecular formula is C76H105Cl2F5N2. The summed E-state index contributed by atoms with van der Waals surface area (Å²) in [5, 5.41) is 0.929. The van der Waals surface area contributed by atoms with Gasteiger partial charge in [0.15, 0.2) is 11.6 Å². The van der Waals surface area contributed by atoms with Gasteiger partial charge in [-0.05, 0) is 188 Å². The summed E-state index contributed by atoms with van der Waals surface area (Å²) in [6, 6.07) is 43.1. The monoisotopic (exact) mass is 1210 g/mol. The largest absolute Gasteiger partial charge is 0.265 e. The SMILES string of the molecule is CC(C)(C)Cc1cc(Cl)nc(Cl)c1.CC(C)(C)Cc1ccc(F)c(F)c1.CC(C)(C)Cc1ccc(F)cc1.CC(C)(C)Cc1cccc(F)c1.CC(C)(C)Cc1ccccc1F.CC(C)(C)Cc1ccncc1.CC(c1ccccc1)C(C)(C)C. The van der Waals surface area contributed by atoms with Crippen molar-refractivity contribution in [2.75, 3.05) is 0 Å². The van der Waals surface area contributed by atoms with E-state index in [0.29, 0.717) is 27.1 Å². The van der Waals surface area contributed by atoms with Gasteiger partial charge in [0, 0.05) is 12.4 Å². The van der Waals surface area contributed by atoms with Crippen LogP contribution in [0, 0.1) is 67.0 Å². The number of halogens is 7. The molecule has 2 aromatic heterocycles. The number of benzene rings is 5. The maximum atomic E-state index is 13.1. The van der Waals surface area contributed by atoms with Crippen LogP contribution in [0.5, 0.6) is 0 Å². The van der Waals surface area contributed by atoms with Crippen molar-refractivity contribution < 1.29 is 22.0 Å². The Labute approximate surface area is 523 Å². The van der Waals surface area contributed by atoms with Gasteiger partial charge >= 0.3 is 0 Å². The average Bonchev–Trinajstić information content (AvgIpc) is 3.52. The predicted octanol–water partition coefficient (Wildman–Crippen LogP) is 24.3. The molecule has 1 unspecified atom stereocenters. The van der Waals surface area contributed by atoms with E-state index in [0.717, 1.165) is 60.8 Å². The molecule has 85 heavy (non-hydrogen) atoms. The molecule has 0 aliphatic carbocycles. The zero-order chi connectivity index (χ0) is 65.2. The summed E-state index contributed by atoms with van der Waals surface area (Å²) in [6.45, 7) is 47.9. The summed E-state index contributed by atoms with van der Waals surface area (Å²) in [5.74, 6) is -1.31. The number of pyridine rings is 2. The Hall–Kier alpha value is -5.37. The smallest absolute Gasteiger partial charge is 0.159 e. The van der Waals surface area contributed by atoms with Crippen molar-refractivity contribution in [1.29, 1.82) is 0 Å². The number of rotatable bonds is 7. The minimum absolute atomic E-state index is 0.0903. The van der Waals surface area contributed by atoms with Gasteiger partial charge in [0.1, 0.15) is 27.8 Å². The van der Waals surface area contributed by atoms with Gasteiger partial charge in [-0.3, -0.25) is 4.98 Å². The highest BCUT2D eigenvalue weighted by Crippen LogP contribution is 2.34. The number of hydrogen-bond donors (Lipinski definition) is 0. The van der Waals surface area contributed by atoms with Crippen LogP contribution in [0.1, 0.15) is 197 Å². The highest BCUT2D eigenvalue weighted by atomic mass is 35.5. The lowest BCUT2D eigenvalue weighted by molar-refractivity contribution is 0.339. The second-order valence-corrected chi connectivity index (χ2v) is 31.3. The molecular weight excluding hydrogens is 1110 g/mol. The molecule has 0 bridgehead atoms. The van der Waals surface area contributed by atoms with Crippen LogP contribution in [0.4, 0.5) is 22.0 Å². The average molecular weight is 1210 g/mol. The van der Waals surface area contributed by atoms with Gasteiger partial charge < -0.3 is 0 Å². The second kappa shape index (κ2) is 35.4. The van der Waals surface area contributed by atoms with Crippen molar-refractivity contribution in [2.24, 2.45) is 37.9 Å². The van der Waals surface area contributed by atoms with Crippen molar-refractivity contribution in [3.63, 3.8) is 0 Å². The van der Waals surface area contributed by atoms with Crippen LogP contribution < -0.4 is 0 Å². The summed E-state index contributed by atoms with van der Waals surface area (Å²) in [4.78, 5) is 7.87. The summed E-state index contributed by atoms with van der Waals surface area (Å²) < 4.78 is 63.7. The van der Waals surface area contributed by atoms with Crippen LogP contribution in [0.3, 0.4) is 0 Å². The van der Waals surface area contributed by atoms with Crippen LogP contribution in [0.25, 0.3) is 0 Å². The standard InChI is InChI=1S/C12H18.C11H14F2.3C11H15F.C10H13Cl2N.C10H15N/c1-10(12(2,3)4)11-8-6-5-7-9-11;1-11(2,3)7-8-4-5-9(12)10(13)6-8;1-11(2,3)8-9-4-6-10(12)7-5-9;1-11(2,3)8-9-5-4-6-10(12)7-9;1-11(2,3)8-9-6-4-5-7-10(9)12;1-10(2,3)6-7-4-8(11)13-9(12)5-7;1-10(2,3)8-9-4-6-11-7-5-9/h5-10H,1-4H3;4-6H,7H2,1-3H3;3*4-7H,8H2,1-3H3;4-5H,6H2,1-3H3;4-7H,8H2,1-3H3. The minimum atomic E-state index is -0.780. The Bertz CT molecular complexity index is 2930. The van der Waals surface area contributed by atoms with Gasteiger partial charge in [-0.15, -0.1) is 0 Å². The number of hydrogen-bond acceptors (Lipinski definition) is 2. The van der Waals surface area contributed by atoms with E-state index in [2.05, 4.69) is 205 Å². The number of aromatic nitrogens is 2. The number of nitrogens with zero attached hydrogens (tertiary/aromatic N) is 2. The first kappa shape index (κ1) is 77.6. The van der Waals surface area contributed by atoms with Gasteiger partial charge in [-0.2, -0.15) is 0 Å². The van der Waals surface area contributed by atoms with Crippen molar-refractivity contribution in [2.45, 2.75) is 197 Å². The predicted molar refractivity (Wildman–Crippen MR) is 357 cm³/mol. The van der Waals surface area contributed by atoms with Crippen LogP contribution in [-0.2, 0) is 38.5 Å². The Balaban J connectivity index is 0.000000496. The zero-order valence-electron chi connectivity index (χ0n) is 55.9. The topological polar surface area (TPSA) is 25.8 Å². The van der Waals surface area contributed by atoms with E-state index in [1.807, 2.05) is 54.9 Å². The molecule has 0 aliphatic rings. The Kier molecular flexibility index (Phi) is 32.4. The first-order chi connectivity index (χ1) is 38.8. The molecule has 0 saturated carbocycles. The summed E-state index contributed by atoms with van der Waals surface area (Å²) in [7, 11) is 0. The van der Waals surface area contributed by atoms with Crippen LogP contribution >= 0.6 is 23.2 Å². The molecule has 0 saturated heterocycles. The Morgan fingerprint density at radius 1 is 0.341 bits per heavy atom. The first-order valence-electron chi connectivity index (χ1n) is 29.7. The summed E-state index contributed by atoms with van der Waals surface area (Å²) in [5.41, 5.74) is 9.60. The molecule has 0 spiro atoms. The fourth-order valence-electron chi connectivity index (χ4n) is 8.53. The molecule has 2 heterocycles. The molecule has 5 aromatic carbocycles. The molecule has 0 amide bonds. The highest BCUT2D eigenvalue weighted by Gasteiger charge is 2.21. The molecule has 9 heteroatoms. The molecule has 7 aromatic rings. The third-order valence-corrected chi connectivity index (χ3v) is 12.7. The van der Waals surface area contributed by atoms with Gasteiger partial charge in [0.2, 0.25) is 0 Å². The van der Waals surface area contributed by atoms with Gasteiger partial charge in [-0.25, -0.2) is 26.9 Å².